The number of hydrogen-bond acceptors (Lipinski definition) is 5. The molecule has 1 N–H and O–H groups in total. The lowest BCUT2D eigenvalue weighted by Crippen LogP contribution is -2.40. The van der Waals surface area contributed by atoms with Crippen molar-refractivity contribution in [1.82, 2.24) is 35.1 Å². The van der Waals surface area contributed by atoms with Gasteiger partial charge in [-0.05, 0) is 37.3 Å². The smallest absolute Gasteiger partial charge is 0.349 e. The summed E-state index contributed by atoms with van der Waals surface area (Å²) in [6, 6.07) is 8.15. The van der Waals surface area contributed by atoms with Crippen molar-refractivity contribution in [3.8, 4) is 5.69 Å². The predicted octanol–water partition coefficient (Wildman–Crippen LogP) is 4.46. The van der Waals surface area contributed by atoms with E-state index in [1.165, 1.54) is 12.3 Å². The predicted molar refractivity (Wildman–Crippen MR) is 123 cm³/mol. The lowest BCUT2D eigenvalue weighted by molar-refractivity contribution is -0.137. The first kappa shape index (κ1) is 24.7. The summed E-state index contributed by atoms with van der Waals surface area (Å²) >= 11 is 11.9. The van der Waals surface area contributed by atoms with Crippen LogP contribution < -0.4 is 5.32 Å². The first-order valence-corrected chi connectivity index (χ1v) is 10.9. The van der Waals surface area contributed by atoms with Gasteiger partial charge < -0.3 is 5.32 Å². The highest BCUT2D eigenvalue weighted by atomic mass is 35.5. The van der Waals surface area contributed by atoms with Gasteiger partial charge in [-0.25, -0.2) is 9.67 Å². The summed E-state index contributed by atoms with van der Waals surface area (Å²) in [5, 5.41) is 14.8. The van der Waals surface area contributed by atoms with E-state index < -0.39 is 23.1 Å². The Hall–Kier alpha value is -3.44. The number of carbonyl (C=O) groups excluding carboxylic acids is 1. The normalized spacial score (nSPS) is 13.5. The molecule has 13 heteroatoms. The topological polar surface area (TPSA) is 90.5 Å². The number of pyridine rings is 1. The zero-order valence-electron chi connectivity index (χ0n) is 18.4. The fourth-order valence-electron chi connectivity index (χ4n) is 3.47. The molecule has 182 valence electrons. The molecule has 3 aromatic heterocycles. The van der Waals surface area contributed by atoms with Gasteiger partial charge in [0, 0.05) is 30.4 Å². The molecular weight excluding hydrogens is 506 g/mol. The quantitative estimate of drug-likeness (QED) is 0.377. The van der Waals surface area contributed by atoms with Gasteiger partial charge in [-0.2, -0.15) is 18.3 Å². The second-order valence-electron chi connectivity index (χ2n) is 8.01. The highest BCUT2D eigenvalue weighted by Gasteiger charge is 2.34. The molecule has 1 aromatic carbocycles. The van der Waals surface area contributed by atoms with Crippen molar-refractivity contribution in [2.24, 2.45) is 7.05 Å². The molecule has 1 unspecified atom stereocenters. The Morgan fingerprint density at radius 1 is 1.11 bits per heavy atom. The third-order valence-corrected chi connectivity index (χ3v) is 5.85. The van der Waals surface area contributed by atoms with Crippen LogP contribution in [0, 0.1) is 0 Å². The van der Waals surface area contributed by atoms with E-state index in [0.717, 1.165) is 22.4 Å². The molecule has 0 aliphatic rings. The zero-order chi connectivity index (χ0) is 25.4. The number of aromatic nitrogens is 6. The van der Waals surface area contributed by atoms with E-state index in [0.29, 0.717) is 10.8 Å². The van der Waals surface area contributed by atoms with Crippen LogP contribution in [-0.4, -0.2) is 42.2 Å². The van der Waals surface area contributed by atoms with Gasteiger partial charge in [0.15, 0.2) is 5.69 Å². The highest BCUT2D eigenvalue weighted by Crippen LogP contribution is 2.33. The molecule has 0 saturated heterocycles. The lowest BCUT2D eigenvalue weighted by atomic mass is 9.80. The Bertz CT molecular complexity index is 1390. The Kier molecular flexibility index (Phi) is 6.56. The van der Waals surface area contributed by atoms with Crippen molar-refractivity contribution in [1.29, 1.82) is 0 Å². The molecule has 35 heavy (non-hydrogen) atoms. The molecule has 0 radical (unpaired) electrons. The van der Waals surface area contributed by atoms with E-state index in [9.17, 15) is 18.0 Å². The van der Waals surface area contributed by atoms with Crippen LogP contribution in [0.4, 0.5) is 13.2 Å². The van der Waals surface area contributed by atoms with E-state index in [2.05, 4.69) is 25.7 Å². The average molecular weight is 524 g/mol. The standard InChI is InChI=1S/C22H18Cl2F3N7O/c1-21(14-9-29-33(2)10-14,18-4-3-5-19(24)30-18)12-28-20(35)17-11-34(32-31-17)16-7-13(22(25,26)27)6-15(23)8-16/h3-11H,12H2,1-2H3,(H,28,35). The maximum Gasteiger partial charge on any atom is 0.416 e. The third-order valence-electron chi connectivity index (χ3n) is 5.43. The molecule has 0 fully saturated rings. The number of rotatable bonds is 6. The zero-order valence-corrected chi connectivity index (χ0v) is 19.9. The van der Waals surface area contributed by atoms with Gasteiger partial charge in [-0.15, -0.1) is 5.10 Å². The van der Waals surface area contributed by atoms with Crippen molar-refractivity contribution >= 4 is 29.1 Å². The lowest BCUT2D eigenvalue weighted by Gasteiger charge is -2.28. The van der Waals surface area contributed by atoms with E-state index in [1.807, 2.05) is 13.1 Å². The maximum atomic E-state index is 13.1. The Balaban J connectivity index is 1.58. The monoisotopic (exact) mass is 523 g/mol. The van der Waals surface area contributed by atoms with Gasteiger partial charge >= 0.3 is 6.18 Å². The molecule has 0 saturated carbocycles. The molecule has 8 nitrogen and oxygen atoms in total. The van der Waals surface area contributed by atoms with E-state index in [-0.39, 0.29) is 22.9 Å². The highest BCUT2D eigenvalue weighted by molar-refractivity contribution is 6.30. The molecule has 1 atom stereocenters. The van der Waals surface area contributed by atoms with Crippen LogP contribution in [-0.2, 0) is 18.6 Å². The van der Waals surface area contributed by atoms with Crippen LogP contribution in [0.5, 0.6) is 0 Å². The van der Waals surface area contributed by atoms with Gasteiger partial charge in [-0.1, -0.05) is 34.5 Å². The summed E-state index contributed by atoms with van der Waals surface area (Å²) in [4.78, 5) is 17.3. The second kappa shape index (κ2) is 9.31. The summed E-state index contributed by atoms with van der Waals surface area (Å²) in [5.74, 6) is -0.577. The van der Waals surface area contributed by atoms with Crippen LogP contribution in [0.1, 0.15) is 34.2 Å². The minimum absolute atomic E-state index is 0.0136. The number of nitrogens with zero attached hydrogens (tertiary/aromatic N) is 6. The van der Waals surface area contributed by atoms with Crippen molar-refractivity contribution in [3.63, 3.8) is 0 Å². The number of halogens is 5. The number of alkyl halides is 3. The summed E-state index contributed by atoms with van der Waals surface area (Å²) in [6.07, 6.45) is 0.108. The van der Waals surface area contributed by atoms with Gasteiger partial charge in [0.2, 0.25) is 0 Å². The molecule has 1 amide bonds. The largest absolute Gasteiger partial charge is 0.416 e. The van der Waals surface area contributed by atoms with Crippen molar-refractivity contribution in [2.75, 3.05) is 6.54 Å². The minimum atomic E-state index is -4.59. The molecule has 0 aliphatic carbocycles. The Morgan fingerprint density at radius 3 is 2.54 bits per heavy atom. The molecule has 4 aromatic rings. The second-order valence-corrected chi connectivity index (χ2v) is 8.83. The van der Waals surface area contributed by atoms with Gasteiger partial charge in [0.25, 0.3) is 5.91 Å². The number of benzene rings is 1. The van der Waals surface area contributed by atoms with E-state index >= 15 is 0 Å². The Labute approximate surface area is 207 Å². The van der Waals surface area contributed by atoms with Gasteiger partial charge in [-0.3, -0.25) is 9.48 Å². The first-order chi connectivity index (χ1) is 16.5. The van der Waals surface area contributed by atoms with Crippen LogP contribution in [0.25, 0.3) is 5.69 Å². The maximum absolute atomic E-state index is 13.1. The molecule has 0 aliphatic heterocycles. The van der Waals surface area contributed by atoms with Gasteiger partial charge in [0.1, 0.15) is 5.15 Å². The first-order valence-electron chi connectivity index (χ1n) is 10.2. The number of amides is 1. The SMILES string of the molecule is Cn1cc(C(C)(CNC(=O)c2cn(-c3cc(Cl)cc(C(F)(F)F)c3)nn2)c2cccc(Cl)n2)cn1. The molecule has 3 heterocycles. The average Bonchev–Trinajstić information content (AvgIpc) is 3.46. The van der Waals surface area contributed by atoms with Crippen LogP contribution in [0.15, 0.2) is 55.0 Å². The number of hydrogen-bond donors (Lipinski definition) is 1. The molecule has 4 rings (SSSR count). The summed E-state index contributed by atoms with van der Waals surface area (Å²) < 4.78 is 42.1. The van der Waals surface area contributed by atoms with Crippen LogP contribution in [0.3, 0.4) is 0 Å². The number of carbonyl (C=O) groups is 1. The molecular formula is C22H18Cl2F3N7O. The molecule has 0 bridgehead atoms. The molecule has 0 spiro atoms. The van der Waals surface area contributed by atoms with Crippen LogP contribution in [0.2, 0.25) is 10.2 Å². The van der Waals surface area contributed by atoms with Crippen molar-refractivity contribution in [3.05, 3.63) is 87.7 Å². The van der Waals surface area contributed by atoms with Gasteiger partial charge in [0.05, 0.1) is 34.8 Å². The summed E-state index contributed by atoms with van der Waals surface area (Å²) in [7, 11) is 1.77. The minimum Gasteiger partial charge on any atom is -0.349 e. The van der Waals surface area contributed by atoms with Crippen LogP contribution >= 0.6 is 23.2 Å². The van der Waals surface area contributed by atoms with Crippen molar-refractivity contribution < 1.29 is 18.0 Å². The van der Waals surface area contributed by atoms with Crippen molar-refractivity contribution in [2.45, 2.75) is 18.5 Å². The number of aryl methyl sites for hydroxylation is 1. The fourth-order valence-corrected chi connectivity index (χ4v) is 3.87. The van der Waals surface area contributed by atoms with E-state index in [4.69, 9.17) is 23.2 Å². The number of nitrogens with one attached hydrogen (secondary N) is 1. The third kappa shape index (κ3) is 5.30. The summed E-state index contributed by atoms with van der Waals surface area (Å²) in [5.41, 5.74) is -0.411. The van der Waals surface area contributed by atoms with E-state index in [1.54, 1.807) is 36.1 Å². The summed E-state index contributed by atoms with van der Waals surface area (Å²) in [6.45, 7) is 1.98. The fraction of sp³-hybridized carbons (Fsp3) is 0.227. The Morgan fingerprint density at radius 2 is 1.89 bits per heavy atom.